The Bertz CT molecular complexity index is 765. The molecule has 0 amide bonds. The van der Waals surface area contributed by atoms with Crippen molar-refractivity contribution in [2.75, 3.05) is 34.4 Å². The maximum absolute atomic E-state index is 5.36. The first-order valence-electron chi connectivity index (χ1n) is 9.29. The monoisotopic (exact) mass is 497 g/mol. The van der Waals surface area contributed by atoms with Gasteiger partial charge in [0.2, 0.25) is 0 Å². The summed E-state index contributed by atoms with van der Waals surface area (Å²) >= 11 is 0. The molecule has 0 radical (unpaired) electrons. The first-order valence-corrected chi connectivity index (χ1v) is 9.29. The van der Waals surface area contributed by atoms with Crippen molar-refractivity contribution in [3.63, 3.8) is 0 Å². The van der Waals surface area contributed by atoms with Crippen molar-refractivity contribution in [3.8, 4) is 11.5 Å². The number of hydrogen-bond donors (Lipinski definition) is 2. The van der Waals surface area contributed by atoms with Crippen molar-refractivity contribution in [2.24, 2.45) is 4.99 Å². The summed E-state index contributed by atoms with van der Waals surface area (Å²) in [6, 6.07) is 14.6. The van der Waals surface area contributed by atoms with E-state index in [1.165, 1.54) is 16.7 Å². The van der Waals surface area contributed by atoms with E-state index in [0.29, 0.717) is 5.92 Å². The molecule has 0 heterocycles. The number of benzene rings is 2. The molecule has 154 valence electrons. The van der Waals surface area contributed by atoms with E-state index >= 15 is 0 Å². The fourth-order valence-corrected chi connectivity index (χ4v) is 2.93. The molecule has 0 aliphatic rings. The summed E-state index contributed by atoms with van der Waals surface area (Å²) in [5.74, 6) is 2.73. The zero-order valence-corrected chi connectivity index (χ0v) is 19.7. The van der Waals surface area contributed by atoms with Gasteiger partial charge in [0.1, 0.15) is 0 Å². The van der Waals surface area contributed by atoms with E-state index in [4.69, 9.17) is 9.47 Å². The second-order valence-corrected chi connectivity index (χ2v) is 6.63. The summed E-state index contributed by atoms with van der Waals surface area (Å²) in [6.07, 6.45) is 0.870. The first-order chi connectivity index (χ1) is 13.1. The van der Waals surface area contributed by atoms with E-state index in [1.807, 2.05) is 12.1 Å². The molecule has 1 unspecified atom stereocenters. The molecule has 2 aromatic rings. The van der Waals surface area contributed by atoms with Gasteiger partial charge in [-0.25, -0.2) is 0 Å². The maximum atomic E-state index is 5.36. The number of nitrogens with zero attached hydrogens (tertiary/aromatic N) is 1. The van der Waals surface area contributed by atoms with Gasteiger partial charge in [0.15, 0.2) is 17.5 Å². The Balaban J connectivity index is 0.00000392. The number of guanidine groups is 1. The third kappa shape index (κ3) is 7.22. The van der Waals surface area contributed by atoms with Crippen molar-refractivity contribution in [1.29, 1.82) is 0 Å². The Hall–Kier alpha value is -1.96. The standard InChI is InChI=1S/C22H31N3O2.HI/c1-16-7-6-8-19(13-16)17(2)15-25-22(23-3)24-12-11-18-9-10-20(26-4)21(14-18)27-5;/h6-10,13-14,17H,11-12,15H2,1-5H3,(H2,23,24,25);1H. The molecule has 0 spiro atoms. The van der Waals surface area contributed by atoms with Crippen LogP contribution in [0.5, 0.6) is 11.5 Å². The molecule has 28 heavy (non-hydrogen) atoms. The van der Waals surface area contributed by atoms with E-state index in [9.17, 15) is 0 Å². The molecule has 2 aromatic carbocycles. The minimum atomic E-state index is 0. The molecule has 6 heteroatoms. The van der Waals surface area contributed by atoms with Gasteiger partial charge in [-0.3, -0.25) is 4.99 Å². The van der Waals surface area contributed by atoms with Crippen LogP contribution in [0.15, 0.2) is 47.5 Å². The highest BCUT2D eigenvalue weighted by Gasteiger charge is 2.08. The largest absolute Gasteiger partial charge is 0.493 e. The number of halogens is 1. The van der Waals surface area contributed by atoms with Gasteiger partial charge in [0, 0.05) is 20.1 Å². The quantitative estimate of drug-likeness (QED) is 0.327. The van der Waals surface area contributed by atoms with E-state index in [2.05, 4.69) is 59.8 Å². The van der Waals surface area contributed by atoms with Crippen LogP contribution >= 0.6 is 24.0 Å². The second kappa shape index (κ2) is 12.5. The van der Waals surface area contributed by atoms with Crippen molar-refractivity contribution < 1.29 is 9.47 Å². The molecule has 0 saturated carbocycles. The fourth-order valence-electron chi connectivity index (χ4n) is 2.93. The van der Waals surface area contributed by atoms with Crippen molar-refractivity contribution >= 4 is 29.9 Å². The van der Waals surface area contributed by atoms with Crippen molar-refractivity contribution in [2.45, 2.75) is 26.2 Å². The van der Waals surface area contributed by atoms with Crippen LogP contribution in [0, 0.1) is 6.92 Å². The lowest BCUT2D eigenvalue weighted by atomic mass is 9.99. The average molecular weight is 497 g/mol. The fraction of sp³-hybridized carbons (Fsp3) is 0.409. The zero-order valence-electron chi connectivity index (χ0n) is 17.4. The molecular formula is C22H32IN3O2. The molecule has 0 aliphatic carbocycles. The van der Waals surface area contributed by atoms with Gasteiger partial charge in [-0.2, -0.15) is 0 Å². The number of nitrogens with one attached hydrogen (secondary N) is 2. The minimum absolute atomic E-state index is 0. The number of methoxy groups -OCH3 is 2. The number of ether oxygens (including phenoxy) is 2. The molecule has 0 aliphatic heterocycles. The number of hydrogen-bond acceptors (Lipinski definition) is 3. The van der Waals surface area contributed by atoms with Gasteiger partial charge in [-0.15, -0.1) is 24.0 Å². The smallest absolute Gasteiger partial charge is 0.191 e. The summed E-state index contributed by atoms with van der Waals surface area (Å²) in [4.78, 5) is 4.31. The Morgan fingerprint density at radius 2 is 1.79 bits per heavy atom. The molecule has 1 atom stereocenters. The van der Waals surface area contributed by atoms with E-state index in [1.54, 1.807) is 21.3 Å². The lowest BCUT2D eigenvalue weighted by molar-refractivity contribution is 0.354. The molecule has 0 bridgehead atoms. The van der Waals surface area contributed by atoms with Gasteiger partial charge in [0.05, 0.1) is 14.2 Å². The van der Waals surface area contributed by atoms with Gasteiger partial charge in [0.25, 0.3) is 0 Å². The van der Waals surface area contributed by atoms with Gasteiger partial charge >= 0.3 is 0 Å². The van der Waals surface area contributed by atoms with Crippen LogP contribution in [0.1, 0.15) is 29.5 Å². The summed E-state index contributed by atoms with van der Waals surface area (Å²) in [5.41, 5.74) is 3.81. The van der Waals surface area contributed by atoms with E-state index in [-0.39, 0.29) is 24.0 Å². The van der Waals surface area contributed by atoms with Gasteiger partial charge in [-0.1, -0.05) is 42.8 Å². The van der Waals surface area contributed by atoms with E-state index < -0.39 is 0 Å². The van der Waals surface area contributed by atoms with Gasteiger partial charge < -0.3 is 20.1 Å². The van der Waals surface area contributed by atoms with Crippen molar-refractivity contribution in [3.05, 3.63) is 59.2 Å². The minimum Gasteiger partial charge on any atom is -0.493 e. The average Bonchev–Trinajstić information content (AvgIpc) is 2.70. The molecule has 0 fully saturated rings. The van der Waals surface area contributed by atoms with Crippen LogP contribution in [0.3, 0.4) is 0 Å². The summed E-state index contributed by atoms with van der Waals surface area (Å²) in [7, 11) is 5.09. The lowest BCUT2D eigenvalue weighted by Gasteiger charge is -2.17. The third-order valence-corrected chi connectivity index (χ3v) is 4.56. The van der Waals surface area contributed by atoms with Crippen LogP contribution < -0.4 is 20.1 Å². The van der Waals surface area contributed by atoms with Gasteiger partial charge in [-0.05, 0) is 42.5 Å². The number of aliphatic imine (C=N–C) groups is 1. The Morgan fingerprint density at radius 1 is 1.04 bits per heavy atom. The predicted molar refractivity (Wildman–Crippen MR) is 128 cm³/mol. The highest BCUT2D eigenvalue weighted by Crippen LogP contribution is 2.27. The summed E-state index contributed by atoms with van der Waals surface area (Å²) < 4.78 is 10.6. The molecule has 2 N–H and O–H groups in total. The Morgan fingerprint density at radius 3 is 2.43 bits per heavy atom. The lowest BCUT2D eigenvalue weighted by Crippen LogP contribution is -2.39. The molecule has 0 saturated heterocycles. The summed E-state index contributed by atoms with van der Waals surface area (Å²) in [6.45, 7) is 5.96. The van der Waals surface area contributed by atoms with Crippen LogP contribution in [0.4, 0.5) is 0 Å². The van der Waals surface area contributed by atoms with Crippen LogP contribution in [0.2, 0.25) is 0 Å². The normalized spacial score (nSPS) is 12.0. The Labute approximate surface area is 186 Å². The predicted octanol–water partition coefficient (Wildman–Crippen LogP) is 4.14. The van der Waals surface area contributed by atoms with E-state index in [0.717, 1.165) is 37.0 Å². The SMILES string of the molecule is CN=C(NCCc1ccc(OC)c(OC)c1)NCC(C)c1cccc(C)c1.I. The number of rotatable bonds is 8. The molecule has 5 nitrogen and oxygen atoms in total. The molecule has 0 aromatic heterocycles. The summed E-state index contributed by atoms with van der Waals surface area (Å²) in [5, 5.41) is 6.78. The van der Waals surface area contributed by atoms with Crippen LogP contribution in [0.25, 0.3) is 0 Å². The number of aryl methyl sites for hydroxylation is 1. The van der Waals surface area contributed by atoms with Crippen LogP contribution in [-0.2, 0) is 6.42 Å². The maximum Gasteiger partial charge on any atom is 0.191 e. The zero-order chi connectivity index (χ0) is 19.6. The first kappa shape index (κ1) is 24.1. The topological polar surface area (TPSA) is 54.9 Å². The highest BCUT2D eigenvalue weighted by atomic mass is 127. The van der Waals surface area contributed by atoms with Crippen molar-refractivity contribution in [1.82, 2.24) is 10.6 Å². The highest BCUT2D eigenvalue weighted by molar-refractivity contribution is 14.0. The second-order valence-electron chi connectivity index (χ2n) is 6.63. The molecule has 2 rings (SSSR count). The third-order valence-electron chi connectivity index (χ3n) is 4.56. The Kier molecular flexibility index (Phi) is 10.7. The molecular weight excluding hydrogens is 465 g/mol. The van der Waals surface area contributed by atoms with Crippen LogP contribution in [-0.4, -0.2) is 40.3 Å².